The summed E-state index contributed by atoms with van der Waals surface area (Å²) in [7, 11) is 1.70. The van der Waals surface area contributed by atoms with Crippen molar-refractivity contribution < 1.29 is 9.84 Å². The summed E-state index contributed by atoms with van der Waals surface area (Å²) in [5.74, 6) is 0.908. The van der Waals surface area contributed by atoms with Crippen molar-refractivity contribution in [2.75, 3.05) is 7.11 Å². The molecule has 0 heterocycles. The molecule has 0 aliphatic heterocycles. The summed E-state index contributed by atoms with van der Waals surface area (Å²) in [6, 6.07) is 8.46. The topological polar surface area (TPSA) is 41.5 Å². The van der Waals surface area contributed by atoms with Crippen LogP contribution in [0.3, 0.4) is 0 Å². The molecule has 0 bridgehead atoms. The molecule has 1 aromatic carbocycles. The number of aliphatic hydroxyl groups is 1. The Kier molecular flexibility index (Phi) is 5.23. The van der Waals surface area contributed by atoms with Crippen molar-refractivity contribution in [2.24, 2.45) is 0 Å². The van der Waals surface area contributed by atoms with Crippen LogP contribution in [0.2, 0.25) is 0 Å². The van der Waals surface area contributed by atoms with Gasteiger partial charge in [0.05, 0.1) is 13.2 Å². The van der Waals surface area contributed by atoms with Crippen molar-refractivity contribution in [3.05, 3.63) is 29.8 Å². The number of ether oxygens (including phenoxy) is 1. The standard InChI is InChI=1S/C16H25NO2/c1-12(13-8-6-7-11-16(13)19-2)17-14-9-4-3-5-10-15(14)18/h6-8,11-12,14-15,17-18H,3-5,9-10H2,1-2H3/t12-,14?,15?/m1/s1. The Labute approximate surface area is 116 Å². The smallest absolute Gasteiger partial charge is 0.123 e. The second kappa shape index (κ2) is 6.92. The van der Waals surface area contributed by atoms with E-state index >= 15 is 0 Å². The van der Waals surface area contributed by atoms with Crippen LogP contribution in [0.25, 0.3) is 0 Å². The van der Waals surface area contributed by atoms with E-state index in [9.17, 15) is 5.11 Å². The Morgan fingerprint density at radius 1 is 1.21 bits per heavy atom. The van der Waals surface area contributed by atoms with E-state index in [0.29, 0.717) is 0 Å². The minimum Gasteiger partial charge on any atom is -0.496 e. The van der Waals surface area contributed by atoms with Gasteiger partial charge >= 0.3 is 0 Å². The van der Waals surface area contributed by atoms with Crippen LogP contribution in [0.4, 0.5) is 0 Å². The molecule has 0 spiro atoms. The zero-order chi connectivity index (χ0) is 13.7. The van der Waals surface area contributed by atoms with E-state index in [1.807, 2.05) is 18.2 Å². The first-order valence-electron chi connectivity index (χ1n) is 7.29. The molecule has 0 amide bonds. The first-order valence-corrected chi connectivity index (χ1v) is 7.29. The van der Waals surface area contributed by atoms with E-state index in [-0.39, 0.29) is 18.2 Å². The van der Waals surface area contributed by atoms with E-state index in [1.165, 1.54) is 12.8 Å². The molecule has 19 heavy (non-hydrogen) atoms. The van der Waals surface area contributed by atoms with E-state index in [2.05, 4.69) is 18.3 Å². The van der Waals surface area contributed by atoms with Gasteiger partial charge in [-0.2, -0.15) is 0 Å². The number of hydrogen-bond donors (Lipinski definition) is 2. The number of aliphatic hydroxyl groups excluding tert-OH is 1. The SMILES string of the molecule is COc1ccccc1[C@@H](C)NC1CCCCCC1O. The van der Waals surface area contributed by atoms with E-state index in [0.717, 1.165) is 30.6 Å². The fourth-order valence-corrected chi connectivity index (χ4v) is 2.92. The lowest BCUT2D eigenvalue weighted by Crippen LogP contribution is -2.40. The van der Waals surface area contributed by atoms with Gasteiger partial charge in [0.1, 0.15) is 5.75 Å². The van der Waals surface area contributed by atoms with E-state index in [4.69, 9.17) is 4.74 Å². The quantitative estimate of drug-likeness (QED) is 0.820. The van der Waals surface area contributed by atoms with Gasteiger partial charge in [-0.15, -0.1) is 0 Å². The Balaban J connectivity index is 2.04. The minimum absolute atomic E-state index is 0.189. The normalized spacial score (nSPS) is 25.6. The molecule has 1 aliphatic carbocycles. The summed E-state index contributed by atoms with van der Waals surface area (Å²) in [6.45, 7) is 2.13. The first-order chi connectivity index (χ1) is 9.22. The second-order valence-corrected chi connectivity index (χ2v) is 5.44. The van der Waals surface area contributed by atoms with Crippen molar-refractivity contribution in [3.8, 4) is 5.75 Å². The lowest BCUT2D eigenvalue weighted by molar-refractivity contribution is 0.114. The van der Waals surface area contributed by atoms with Gasteiger partial charge in [-0.1, -0.05) is 37.5 Å². The minimum atomic E-state index is -0.223. The molecule has 0 saturated heterocycles. The fraction of sp³-hybridized carbons (Fsp3) is 0.625. The monoisotopic (exact) mass is 263 g/mol. The predicted molar refractivity (Wildman–Crippen MR) is 77.4 cm³/mol. The molecule has 1 aliphatic rings. The summed E-state index contributed by atoms with van der Waals surface area (Å²) in [5.41, 5.74) is 1.15. The molecule has 2 rings (SSSR count). The molecule has 1 saturated carbocycles. The van der Waals surface area contributed by atoms with Gasteiger partial charge in [-0.05, 0) is 25.8 Å². The maximum absolute atomic E-state index is 10.2. The molecular formula is C16H25NO2. The largest absolute Gasteiger partial charge is 0.496 e. The number of para-hydroxylation sites is 1. The van der Waals surface area contributed by atoms with Crippen molar-refractivity contribution in [1.82, 2.24) is 5.32 Å². The molecule has 3 heteroatoms. The van der Waals surface area contributed by atoms with Gasteiger partial charge in [-0.25, -0.2) is 0 Å². The van der Waals surface area contributed by atoms with Gasteiger partial charge in [-0.3, -0.25) is 0 Å². The Morgan fingerprint density at radius 2 is 1.95 bits per heavy atom. The average Bonchev–Trinajstić information content (AvgIpc) is 2.64. The van der Waals surface area contributed by atoms with Crippen LogP contribution in [0.15, 0.2) is 24.3 Å². The van der Waals surface area contributed by atoms with Crippen LogP contribution in [0.5, 0.6) is 5.75 Å². The molecule has 1 fully saturated rings. The van der Waals surface area contributed by atoms with E-state index in [1.54, 1.807) is 7.11 Å². The summed E-state index contributed by atoms with van der Waals surface area (Å²) in [5, 5.41) is 13.7. The maximum atomic E-state index is 10.2. The molecule has 2 N–H and O–H groups in total. The molecule has 2 unspecified atom stereocenters. The Morgan fingerprint density at radius 3 is 2.74 bits per heavy atom. The van der Waals surface area contributed by atoms with Crippen LogP contribution in [-0.2, 0) is 0 Å². The zero-order valence-electron chi connectivity index (χ0n) is 11.9. The highest BCUT2D eigenvalue weighted by Gasteiger charge is 2.24. The Hall–Kier alpha value is -1.06. The summed E-state index contributed by atoms with van der Waals surface area (Å²) >= 11 is 0. The van der Waals surface area contributed by atoms with Crippen LogP contribution >= 0.6 is 0 Å². The number of hydrogen-bond acceptors (Lipinski definition) is 3. The van der Waals surface area contributed by atoms with Crippen molar-refractivity contribution in [2.45, 2.75) is 57.2 Å². The van der Waals surface area contributed by atoms with Gasteiger partial charge in [0.25, 0.3) is 0 Å². The van der Waals surface area contributed by atoms with Crippen molar-refractivity contribution in [3.63, 3.8) is 0 Å². The summed E-state index contributed by atoms with van der Waals surface area (Å²) in [4.78, 5) is 0. The lowest BCUT2D eigenvalue weighted by Gasteiger charge is -2.27. The zero-order valence-corrected chi connectivity index (χ0v) is 11.9. The molecule has 0 aromatic heterocycles. The third kappa shape index (κ3) is 3.71. The highest BCUT2D eigenvalue weighted by Crippen LogP contribution is 2.27. The van der Waals surface area contributed by atoms with Crippen molar-refractivity contribution >= 4 is 0 Å². The lowest BCUT2D eigenvalue weighted by atomic mass is 10.0. The van der Waals surface area contributed by atoms with Crippen LogP contribution in [0, 0.1) is 0 Å². The van der Waals surface area contributed by atoms with Gasteiger partial charge in [0, 0.05) is 17.6 Å². The van der Waals surface area contributed by atoms with Crippen LogP contribution in [-0.4, -0.2) is 24.4 Å². The number of nitrogens with one attached hydrogen (secondary N) is 1. The number of benzene rings is 1. The third-order valence-electron chi connectivity index (χ3n) is 4.05. The predicted octanol–water partition coefficient (Wildman–Crippen LogP) is 3.04. The number of rotatable bonds is 4. The Bertz CT molecular complexity index is 394. The molecule has 3 atom stereocenters. The van der Waals surface area contributed by atoms with Crippen molar-refractivity contribution in [1.29, 1.82) is 0 Å². The average molecular weight is 263 g/mol. The highest BCUT2D eigenvalue weighted by atomic mass is 16.5. The summed E-state index contributed by atoms with van der Waals surface area (Å²) in [6.07, 6.45) is 5.32. The molecule has 106 valence electrons. The molecule has 3 nitrogen and oxygen atoms in total. The second-order valence-electron chi connectivity index (χ2n) is 5.44. The molecule has 0 radical (unpaired) electrons. The van der Waals surface area contributed by atoms with Crippen LogP contribution < -0.4 is 10.1 Å². The van der Waals surface area contributed by atoms with Gasteiger partial charge < -0.3 is 15.2 Å². The van der Waals surface area contributed by atoms with E-state index < -0.39 is 0 Å². The van der Waals surface area contributed by atoms with Gasteiger partial charge in [0.2, 0.25) is 0 Å². The number of methoxy groups -OCH3 is 1. The maximum Gasteiger partial charge on any atom is 0.123 e. The van der Waals surface area contributed by atoms with Gasteiger partial charge in [0.15, 0.2) is 0 Å². The highest BCUT2D eigenvalue weighted by molar-refractivity contribution is 5.35. The first kappa shape index (κ1) is 14.4. The van der Waals surface area contributed by atoms with Crippen LogP contribution in [0.1, 0.15) is 50.6 Å². The molecular weight excluding hydrogens is 238 g/mol. The fourth-order valence-electron chi connectivity index (χ4n) is 2.92. The summed E-state index contributed by atoms with van der Waals surface area (Å²) < 4.78 is 5.40. The molecule has 1 aromatic rings. The third-order valence-corrected chi connectivity index (χ3v) is 4.05.